The molecule has 10 heteroatoms. The highest BCUT2D eigenvalue weighted by Gasteiger charge is 2.17. The fraction of sp³-hybridized carbons (Fsp3) is 0.125. The first kappa shape index (κ1) is 19.5. The van der Waals surface area contributed by atoms with Gasteiger partial charge in [-0.1, -0.05) is 11.6 Å². The van der Waals surface area contributed by atoms with Crippen LogP contribution in [0.15, 0.2) is 53.4 Å². The van der Waals surface area contributed by atoms with E-state index in [1.807, 2.05) is 0 Å². The van der Waals surface area contributed by atoms with Crippen LogP contribution in [0.4, 0.5) is 10.5 Å². The number of rotatable bonds is 6. The van der Waals surface area contributed by atoms with E-state index in [0.717, 1.165) is 7.11 Å². The third kappa shape index (κ3) is 5.64. The number of carbonyl (C=O) groups excluding carboxylic acids is 2. The molecule has 0 saturated heterocycles. The SMILES string of the molecule is COC(=O)NS(=O)(=O)c1ccc(NC(=O)COc2ccc(Cl)cc2)cc1. The van der Waals surface area contributed by atoms with Crippen molar-refractivity contribution in [2.24, 2.45) is 0 Å². The van der Waals surface area contributed by atoms with Crippen molar-refractivity contribution in [1.29, 1.82) is 0 Å². The highest BCUT2D eigenvalue weighted by Crippen LogP contribution is 2.16. The van der Waals surface area contributed by atoms with Gasteiger partial charge in [-0.15, -0.1) is 0 Å². The fourth-order valence-corrected chi connectivity index (χ4v) is 2.85. The Balaban J connectivity index is 1.92. The lowest BCUT2D eigenvalue weighted by Gasteiger charge is -2.09. The molecular weight excluding hydrogens is 384 g/mol. The summed E-state index contributed by atoms with van der Waals surface area (Å²) >= 11 is 5.75. The van der Waals surface area contributed by atoms with Crippen LogP contribution >= 0.6 is 11.6 Å². The van der Waals surface area contributed by atoms with Crippen molar-refractivity contribution >= 4 is 39.3 Å². The fourth-order valence-electron chi connectivity index (χ4n) is 1.80. The Labute approximate surface area is 155 Å². The first-order valence-corrected chi connectivity index (χ1v) is 9.05. The molecule has 0 unspecified atom stereocenters. The lowest BCUT2D eigenvalue weighted by molar-refractivity contribution is -0.118. The van der Waals surface area contributed by atoms with Crippen molar-refractivity contribution in [3.05, 3.63) is 53.6 Å². The molecule has 0 heterocycles. The second-order valence-corrected chi connectivity index (χ2v) is 7.03. The summed E-state index contributed by atoms with van der Waals surface area (Å²) in [5, 5.41) is 3.11. The van der Waals surface area contributed by atoms with Crippen LogP contribution in [0.2, 0.25) is 5.02 Å². The smallest absolute Gasteiger partial charge is 0.420 e. The molecule has 0 saturated carbocycles. The lowest BCUT2D eigenvalue weighted by atomic mass is 10.3. The Bertz CT molecular complexity index is 882. The van der Waals surface area contributed by atoms with E-state index in [-0.39, 0.29) is 11.5 Å². The summed E-state index contributed by atoms with van der Waals surface area (Å²) in [5.41, 5.74) is 0.367. The topological polar surface area (TPSA) is 111 Å². The number of methoxy groups -OCH3 is 1. The van der Waals surface area contributed by atoms with Crippen molar-refractivity contribution < 1.29 is 27.5 Å². The Hall–Kier alpha value is -2.78. The average molecular weight is 399 g/mol. The van der Waals surface area contributed by atoms with E-state index in [9.17, 15) is 18.0 Å². The van der Waals surface area contributed by atoms with Crippen LogP contribution in [-0.2, 0) is 19.6 Å². The van der Waals surface area contributed by atoms with E-state index in [2.05, 4.69) is 10.1 Å². The summed E-state index contributed by atoms with van der Waals surface area (Å²) in [4.78, 5) is 22.7. The molecule has 138 valence electrons. The molecule has 0 aliphatic carbocycles. The van der Waals surface area contributed by atoms with Crippen molar-refractivity contribution in [3.63, 3.8) is 0 Å². The minimum Gasteiger partial charge on any atom is -0.484 e. The van der Waals surface area contributed by atoms with E-state index in [0.29, 0.717) is 16.5 Å². The zero-order valence-electron chi connectivity index (χ0n) is 13.6. The third-order valence-corrected chi connectivity index (χ3v) is 4.62. The molecule has 0 spiro atoms. The van der Waals surface area contributed by atoms with Crippen LogP contribution in [0.3, 0.4) is 0 Å². The van der Waals surface area contributed by atoms with E-state index in [1.54, 1.807) is 29.0 Å². The zero-order valence-corrected chi connectivity index (χ0v) is 15.1. The summed E-state index contributed by atoms with van der Waals surface area (Å²) in [6.07, 6.45) is -1.10. The molecule has 2 N–H and O–H groups in total. The Morgan fingerprint density at radius 1 is 1.04 bits per heavy atom. The van der Waals surface area contributed by atoms with Gasteiger partial charge in [0.15, 0.2) is 6.61 Å². The number of benzene rings is 2. The lowest BCUT2D eigenvalue weighted by Crippen LogP contribution is -2.30. The standard InChI is InChI=1S/C16H15ClN2O6S/c1-24-16(21)19-26(22,23)14-8-4-12(5-9-14)18-15(20)10-25-13-6-2-11(17)3-7-13/h2-9H,10H2,1H3,(H,18,20)(H,19,21). The van der Waals surface area contributed by atoms with E-state index < -0.39 is 22.0 Å². The van der Waals surface area contributed by atoms with Gasteiger partial charge in [-0.3, -0.25) is 4.79 Å². The van der Waals surface area contributed by atoms with Gasteiger partial charge in [-0.05, 0) is 48.5 Å². The molecule has 0 bridgehead atoms. The van der Waals surface area contributed by atoms with Gasteiger partial charge in [0.25, 0.3) is 15.9 Å². The maximum Gasteiger partial charge on any atom is 0.420 e. The monoisotopic (exact) mass is 398 g/mol. The van der Waals surface area contributed by atoms with Gasteiger partial charge in [0.05, 0.1) is 12.0 Å². The molecule has 2 aromatic carbocycles. The number of nitrogens with one attached hydrogen (secondary N) is 2. The van der Waals surface area contributed by atoms with Gasteiger partial charge in [0, 0.05) is 10.7 Å². The summed E-state index contributed by atoms with van der Waals surface area (Å²) in [5.74, 6) is 0.0584. The minimum atomic E-state index is -4.04. The van der Waals surface area contributed by atoms with Crippen molar-refractivity contribution in [1.82, 2.24) is 4.72 Å². The van der Waals surface area contributed by atoms with Crippen molar-refractivity contribution in [2.75, 3.05) is 19.0 Å². The maximum absolute atomic E-state index is 11.9. The van der Waals surface area contributed by atoms with Crippen LogP contribution in [-0.4, -0.2) is 34.1 Å². The first-order valence-electron chi connectivity index (χ1n) is 7.19. The van der Waals surface area contributed by atoms with E-state index >= 15 is 0 Å². The van der Waals surface area contributed by atoms with Gasteiger partial charge < -0.3 is 14.8 Å². The van der Waals surface area contributed by atoms with Crippen LogP contribution < -0.4 is 14.8 Å². The molecule has 0 aliphatic heterocycles. The predicted octanol–water partition coefficient (Wildman–Crippen LogP) is 2.40. The predicted molar refractivity (Wildman–Crippen MR) is 94.7 cm³/mol. The maximum atomic E-state index is 11.9. The van der Waals surface area contributed by atoms with Crippen molar-refractivity contribution in [3.8, 4) is 5.75 Å². The third-order valence-electron chi connectivity index (χ3n) is 3.04. The highest BCUT2D eigenvalue weighted by molar-refractivity contribution is 7.90. The van der Waals surface area contributed by atoms with Crippen LogP contribution in [0.25, 0.3) is 0 Å². The van der Waals surface area contributed by atoms with Gasteiger partial charge in [0.2, 0.25) is 0 Å². The normalized spacial score (nSPS) is 10.7. The van der Waals surface area contributed by atoms with Gasteiger partial charge in [-0.2, -0.15) is 0 Å². The Morgan fingerprint density at radius 3 is 2.23 bits per heavy atom. The van der Waals surface area contributed by atoms with Crippen molar-refractivity contribution in [2.45, 2.75) is 4.90 Å². The highest BCUT2D eigenvalue weighted by atomic mass is 35.5. The minimum absolute atomic E-state index is 0.154. The molecule has 26 heavy (non-hydrogen) atoms. The molecule has 0 radical (unpaired) electrons. The second kappa shape index (κ2) is 8.54. The quantitative estimate of drug-likeness (QED) is 0.773. The molecule has 8 nitrogen and oxygen atoms in total. The Kier molecular flexibility index (Phi) is 6.42. The number of hydrogen-bond acceptors (Lipinski definition) is 6. The molecule has 0 atom stereocenters. The summed E-state index contributed by atoms with van der Waals surface area (Å²) in [6.45, 7) is -0.231. The van der Waals surface area contributed by atoms with Crippen LogP contribution in [0, 0.1) is 0 Å². The molecular formula is C16H15ClN2O6S. The van der Waals surface area contributed by atoms with Crippen LogP contribution in [0.1, 0.15) is 0 Å². The molecule has 2 aromatic rings. The zero-order chi connectivity index (χ0) is 19.2. The molecule has 2 amide bonds. The number of carbonyl (C=O) groups is 2. The number of hydrogen-bond donors (Lipinski definition) is 2. The average Bonchev–Trinajstić information content (AvgIpc) is 2.61. The number of amides is 2. The van der Waals surface area contributed by atoms with Gasteiger partial charge in [0.1, 0.15) is 5.75 Å². The van der Waals surface area contributed by atoms with Gasteiger partial charge in [-0.25, -0.2) is 17.9 Å². The van der Waals surface area contributed by atoms with Crippen LogP contribution in [0.5, 0.6) is 5.75 Å². The van der Waals surface area contributed by atoms with Gasteiger partial charge >= 0.3 is 6.09 Å². The molecule has 0 aromatic heterocycles. The largest absolute Gasteiger partial charge is 0.484 e. The molecule has 0 fully saturated rings. The summed E-state index contributed by atoms with van der Waals surface area (Å²) in [6, 6.07) is 11.8. The number of halogens is 1. The van der Waals surface area contributed by atoms with E-state index in [4.69, 9.17) is 16.3 Å². The van der Waals surface area contributed by atoms with E-state index in [1.165, 1.54) is 24.3 Å². The molecule has 2 rings (SSSR count). The Morgan fingerprint density at radius 2 is 1.65 bits per heavy atom. The molecule has 0 aliphatic rings. The number of sulfonamides is 1. The summed E-state index contributed by atoms with van der Waals surface area (Å²) in [7, 11) is -2.99. The number of anilines is 1. The second-order valence-electron chi connectivity index (χ2n) is 4.91. The first-order chi connectivity index (χ1) is 12.3. The summed E-state index contributed by atoms with van der Waals surface area (Å²) < 4.78 is 35.0. The number of ether oxygens (including phenoxy) is 2.